The standard InChI is InChI=1S/C18H29NO2/c1-17-9-7-16(21)19-15(17)5-4-12-13(17)6-10-18(11-20)8-2-3-14(12)18/h12-15,20H,2-11H2,1H3,(H,19,21)/t12-,13+,14+,15?,17-,18+/m1/s1. The summed E-state index contributed by atoms with van der Waals surface area (Å²) in [6.07, 6.45) is 10.6. The highest BCUT2D eigenvalue weighted by atomic mass is 16.3. The lowest BCUT2D eigenvalue weighted by Crippen LogP contribution is -2.61. The molecular formula is C18H29NO2. The van der Waals surface area contributed by atoms with E-state index in [0.29, 0.717) is 24.5 Å². The summed E-state index contributed by atoms with van der Waals surface area (Å²) in [7, 11) is 0. The highest BCUT2D eigenvalue weighted by Gasteiger charge is 2.59. The molecule has 4 fully saturated rings. The summed E-state index contributed by atoms with van der Waals surface area (Å²) < 4.78 is 0. The Kier molecular flexibility index (Phi) is 3.15. The molecule has 0 bridgehead atoms. The Morgan fingerprint density at radius 1 is 1.14 bits per heavy atom. The summed E-state index contributed by atoms with van der Waals surface area (Å²) in [6.45, 7) is 2.84. The number of carbonyl (C=O) groups is 1. The van der Waals surface area contributed by atoms with E-state index in [2.05, 4.69) is 12.2 Å². The Morgan fingerprint density at radius 2 is 2.00 bits per heavy atom. The summed E-state index contributed by atoms with van der Waals surface area (Å²) in [6, 6.07) is 0.406. The topological polar surface area (TPSA) is 49.3 Å². The quantitative estimate of drug-likeness (QED) is 0.780. The van der Waals surface area contributed by atoms with Crippen molar-refractivity contribution in [1.82, 2.24) is 5.32 Å². The molecule has 118 valence electrons. The van der Waals surface area contributed by atoms with Gasteiger partial charge in [-0.1, -0.05) is 13.3 Å². The Balaban J connectivity index is 1.63. The van der Waals surface area contributed by atoms with Crippen LogP contribution in [0.4, 0.5) is 0 Å². The first kappa shape index (κ1) is 14.0. The average Bonchev–Trinajstić information content (AvgIpc) is 2.92. The normalized spacial score (nSPS) is 52.6. The maximum absolute atomic E-state index is 11.8. The fraction of sp³-hybridized carbons (Fsp3) is 0.944. The zero-order valence-corrected chi connectivity index (χ0v) is 13.2. The number of fused-ring (bicyclic) bond motifs is 5. The molecule has 0 radical (unpaired) electrons. The van der Waals surface area contributed by atoms with Crippen LogP contribution in [0.3, 0.4) is 0 Å². The molecule has 0 aromatic carbocycles. The van der Waals surface area contributed by atoms with Crippen molar-refractivity contribution in [2.24, 2.45) is 28.6 Å². The van der Waals surface area contributed by atoms with Crippen LogP contribution in [-0.2, 0) is 4.79 Å². The van der Waals surface area contributed by atoms with E-state index in [1.807, 2.05) is 0 Å². The van der Waals surface area contributed by atoms with E-state index < -0.39 is 0 Å². The van der Waals surface area contributed by atoms with E-state index in [0.717, 1.165) is 30.6 Å². The molecule has 0 spiro atoms. The van der Waals surface area contributed by atoms with Crippen molar-refractivity contribution in [1.29, 1.82) is 0 Å². The minimum atomic E-state index is 0.252. The third kappa shape index (κ3) is 1.85. The van der Waals surface area contributed by atoms with E-state index in [-0.39, 0.29) is 11.3 Å². The smallest absolute Gasteiger partial charge is 0.220 e. The fourth-order valence-corrected chi connectivity index (χ4v) is 6.77. The lowest BCUT2D eigenvalue weighted by atomic mass is 9.47. The van der Waals surface area contributed by atoms with E-state index in [1.165, 1.54) is 38.5 Å². The third-order valence-corrected chi connectivity index (χ3v) is 7.94. The molecule has 1 aliphatic heterocycles. The molecule has 3 nitrogen and oxygen atoms in total. The molecule has 6 atom stereocenters. The van der Waals surface area contributed by atoms with Crippen LogP contribution in [0.1, 0.15) is 64.7 Å². The molecule has 3 aliphatic carbocycles. The van der Waals surface area contributed by atoms with Crippen molar-refractivity contribution in [3.63, 3.8) is 0 Å². The second-order valence-corrected chi connectivity index (χ2v) is 8.53. The van der Waals surface area contributed by atoms with E-state index in [9.17, 15) is 9.90 Å². The molecule has 0 aromatic rings. The maximum atomic E-state index is 11.8. The molecule has 1 amide bonds. The predicted molar refractivity (Wildman–Crippen MR) is 81.6 cm³/mol. The highest BCUT2D eigenvalue weighted by molar-refractivity contribution is 5.77. The first-order valence-electron chi connectivity index (χ1n) is 8.99. The van der Waals surface area contributed by atoms with E-state index >= 15 is 0 Å². The van der Waals surface area contributed by atoms with Gasteiger partial charge in [0.1, 0.15) is 0 Å². The first-order chi connectivity index (χ1) is 10.1. The van der Waals surface area contributed by atoms with Crippen LogP contribution in [0.2, 0.25) is 0 Å². The number of aliphatic hydroxyl groups is 1. The molecule has 2 N–H and O–H groups in total. The summed E-state index contributed by atoms with van der Waals surface area (Å²) in [5, 5.41) is 13.3. The molecule has 3 heteroatoms. The Hall–Kier alpha value is -0.570. The van der Waals surface area contributed by atoms with Gasteiger partial charge in [0.05, 0.1) is 0 Å². The van der Waals surface area contributed by atoms with Gasteiger partial charge in [-0.05, 0) is 73.5 Å². The molecule has 0 aromatic heterocycles. The van der Waals surface area contributed by atoms with Crippen molar-refractivity contribution < 1.29 is 9.90 Å². The van der Waals surface area contributed by atoms with E-state index in [4.69, 9.17) is 0 Å². The number of hydrogen-bond acceptors (Lipinski definition) is 2. The minimum Gasteiger partial charge on any atom is -0.396 e. The largest absolute Gasteiger partial charge is 0.396 e. The number of rotatable bonds is 1. The van der Waals surface area contributed by atoms with Crippen LogP contribution in [0.5, 0.6) is 0 Å². The number of aliphatic hydroxyl groups excluding tert-OH is 1. The second kappa shape index (κ2) is 4.71. The van der Waals surface area contributed by atoms with Crippen LogP contribution in [-0.4, -0.2) is 23.7 Å². The molecule has 1 heterocycles. The number of hydrogen-bond donors (Lipinski definition) is 2. The van der Waals surface area contributed by atoms with Gasteiger partial charge in [-0.3, -0.25) is 4.79 Å². The second-order valence-electron chi connectivity index (χ2n) is 8.53. The Morgan fingerprint density at radius 3 is 2.81 bits per heavy atom. The van der Waals surface area contributed by atoms with Gasteiger partial charge in [-0.25, -0.2) is 0 Å². The lowest BCUT2D eigenvalue weighted by molar-refractivity contribution is -0.137. The maximum Gasteiger partial charge on any atom is 0.220 e. The van der Waals surface area contributed by atoms with Crippen LogP contribution in [0.15, 0.2) is 0 Å². The van der Waals surface area contributed by atoms with Crippen molar-refractivity contribution in [2.75, 3.05) is 6.61 Å². The van der Waals surface area contributed by atoms with Crippen molar-refractivity contribution >= 4 is 5.91 Å². The summed E-state index contributed by atoms with van der Waals surface area (Å²) in [5.41, 5.74) is 0.559. The number of carbonyl (C=O) groups excluding carboxylic acids is 1. The van der Waals surface area contributed by atoms with Crippen molar-refractivity contribution in [2.45, 2.75) is 70.8 Å². The number of nitrogens with one attached hydrogen (secondary N) is 1. The highest BCUT2D eigenvalue weighted by Crippen LogP contribution is 2.63. The molecule has 1 unspecified atom stereocenters. The van der Waals surface area contributed by atoms with Gasteiger partial charge in [0.25, 0.3) is 0 Å². The van der Waals surface area contributed by atoms with Gasteiger partial charge < -0.3 is 10.4 Å². The van der Waals surface area contributed by atoms with Gasteiger partial charge in [0.15, 0.2) is 0 Å². The van der Waals surface area contributed by atoms with Crippen LogP contribution >= 0.6 is 0 Å². The van der Waals surface area contributed by atoms with Gasteiger partial charge in [0, 0.05) is 19.1 Å². The average molecular weight is 291 g/mol. The first-order valence-corrected chi connectivity index (χ1v) is 8.99. The van der Waals surface area contributed by atoms with Crippen molar-refractivity contribution in [3.05, 3.63) is 0 Å². The lowest BCUT2D eigenvalue weighted by Gasteiger charge is -2.59. The third-order valence-electron chi connectivity index (χ3n) is 7.94. The van der Waals surface area contributed by atoms with Crippen molar-refractivity contribution in [3.8, 4) is 0 Å². The summed E-state index contributed by atoms with van der Waals surface area (Å²) in [5.74, 6) is 2.57. The molecule has 3 saturated carbocycles. The van der Waals surface area contributed by atoms with Gasteiger partial charge in [-0.2, -0.15) is 0 Å². The zero-order valence-electron chi connectivity index (χ0n) is 13.2. The minimum absolute atomic E-state index is 0.252. The molecule has 1 saturated heterocycles. The summed E-state index contributed by atoms with van der Waals surface area (Å²) in [4.78, 5) is 11.8. The van der Waals surface area contributed by atoms with E-state index in [1.54, 1.807) is 0 Å². The van der Waals surface area contributed by atoms with Gasteiger partial charge in [-0.15, -0.1) is 0 Å². The molecule has 4 rings (SSSR count). The molecule has 4 aliphatic rings. The molecule has 21 heavy (non-hydrogen) atoms. The zero-order chi connectivity index (χ0) is 14.7. The van der Waals surface area contributed by atoms with Crippen LogP contribution in [0.25, 0.3) is 0 Å². The van der Waals surface area contributed by atoms with Gasteiger partial charge in [0.2, 0.25) is 5.91 Å². The Bertz CT molecular complexity index is 450. The molecular weight excluding hydrogens is 262 g/mol. The fourth-order valence-electron chi connectivity index (χ4n) is 6.77. The number of piperidine rings is 1. The predicted octanol–water partition coefficient (Wildman–Crippen LogP) is 2.87. The number of amides is 1. The van der Waals surface area contributed by atoms with Crippen LogP contribution < -0.4 is 5.32 Å². The Labute approximate surface area is 127 Å². The summed E-state index contributed by atoms with van der Waals surface area (Å²) >= 11 is 0. The van der Waals surface area contributed by atoms with Gasteiger partial charge >= 0.3 is 0 Å². The monoisotopic (exact) mass is 291 g/mol. The van der Waals surface area contributed by atoms with Crippen LogP contribution in [0, 0.1) is 28.6 Å². The SMILES string of the molecule is C[C@]12CCC(=O)NC1CC[C@H]1[C@@H]3CCC[C@@]3(CO)CC[C@@H]12.